The van der Waals surface area contributed by atoms with E-state index in [0.29, 0.717) is 29.7 Å². The van der Waals surface area contributed by atoms with Crippen LogP contribution in [0.3, 0.4) is 0 Å². The molecule has 0 aliphatic carbocycles. The molecule has 0 unspecified atom stereocenters. The second kappa shape index (κ2) is 9.18. The van der Waals surface area contributed by atoms with Gasteiger partial charge in [0.1, 0.15) is 11.7 Å². The predicted molar refractivity (Wildman–Crippen MR) is 130 cm³/mol. The van der Waals surface area contributed by atoms with Gasteiger partial charge < -0.3 is 5.32 Å². The minimum absolute atomic E-state index is 0.0107. The summed E-state index contributed by atoms with van der Waals surface area (Å²) in [5.74, 6) is -0.184. The van der Waals surface area contributed by atoms with Crippen molar-refractivity contribution < 1.29 is 9.72 Å². The molecule has 35 heavy (non-hydrogen) atoms. The minimum Gasteiger partial charge on any atom is -0.350 e. The van der Waals surface area contributed by atoms with Crippen molar-refractivity contribution in [3.8, 4) is 0 Å². The number of nitrogens with zero attached hydrogens (tertiary/aromatic N) is 5. The van der Waals surface area contributed by atoms with E-state index in [1.807, 2.05) is 36.4 Å². The molecule has 0 saturated carbocycles. The fourth-order valence-electron chi connectivity index (χ4n) is 3.99. The van der Waals surface area contributed by atoms with E-state index in [-0.39, 0.29) is 23.7 Å². The molecule has 0 atom stereocenters. The van der Waals surface area contributed by atoms with Gasteiger partial charge in [-0.3, -0.25) is 24.3 Å². The Morgan fingerprint density at radius 3 is 2.57 bits per heavy atom. The number of nitro groups is 1. The van der Waals surface area contributed by atoms with Crippen LogP contribution in [-0.2, 0) is 13.1 Å². The first-order valence-electron chi connectivity index (χ1n) is 10.9. The van der Waals surface area contributed by atoms with Crippen LogP contribution in [0.4, 0.5) is 5.69 Å². The van der Waals surface area contributed by atoms with E-state index in [1.54, 1.807) is 22.9 Å². The lowest BCUT2D eigenvalue weighted by Gasteiger charge is -2.09. The van der Waals surface area contributed by atoms with Gasteiger partial charge in [0.2, 0.25) is 0 Å². The SMILES string of the molecule is O=C(NCCn1ncc2c(=O)n(Cc3ccc([N+](=O)[O-])cc3)cnc21)c1cccc2ccccc12. The zero-order valence-electron chi connectivity index (χ0n) is 18.5. The number of fused-ring (bicyclic) bond motifs is 2. The Hall–Kier alpha value is -4.86. The average molecular weight is 468 g/mol. The van der Waals surface area contributed by atoms with E-state index >= 15 is 0 Å². The maximum Gasteiger partial charge on any atom is 0.269 e. The lowest BCUT2D eigenvalue weighted by atomic mass is 10.0. The quantitative estimate of drug-likeness (QED) is 0.289. The van der Waals surface area contributed by atoms with Crippen LogP contribution in [0, 0.1) is 10.1 Å². The standard InChI is InChI=1S/C25H20N6O4/c32-24(21-7-3-5-18-4-1-2-6-20(18)21)26-12-13-30-23-22(14-28-30)25(33)29(16-27-23)15-17-8-10-19(11-9-17)31(34)35/h1-11,14,16H,12-13,15H2,(H,26,32). The summed E-state index contributed by atoms with van der Waals surface area (Å²) in [5, 5.41) is 20.2. The van der Waals surface area contributed by atoms with E-state index in [9.17, 15) is 19.7 Å². The first-order chi connectivity index (χ1) is 17.0. The van der Waals surface area contributed by atoms with Gasteiger partial charge in [-0.1, -0.05) is 48.5 Å². The summed E-state index contributed by atoms with van der Waals surface area (Å²) in [6.07, 6.45) is 2.89. The van der Waals surface area contributed by atoms with Gasteiger partial charge in [-0.2, -0.15) is 5.10 Å². The van der Waals surface area contributed by atoms with Crippen LogP contribution < -0.4 is 10.9 Å². The summed E-state index contributed by atoms with van der Waals surface area (Å²) < 4.78 is 3.01. The Kier molecular flexibility index (Phi) is 5.76. The normalized spacial score (nSPS) is 11.1. The van der Waals surface area contributed by atoms with Gasteiger partial charge in [0.05, 0.1) is 24.2 Å². The lowest BCUT2D eigenvalue weighted by molar-refractivity contribution is -0.384. The molecular formula is C25H20N6O4. The number of rotatable bonds is 7. The third-order valence-electron chi connectivity index (χ3n) is 5.77. The van der Waals surface area contributed by atoms with Crippen LogP contribution in [0.2, 0.25) is 0 Å². The monoisotopic (exact) mass is 468 g/mol. The maximum absolute atomic E-state index is 12.9. The van der Waals surface area contributed by atoms with E-state index in [0.717, 1.165) is 16.3 Å². The molecule has 0 fully saturated rings. The first-order valence-corrected chi connectivity index (χ1v) is 10.9. The van der Waals surface area contributed by atoms with Crippen molar-refractivity contribution in [3.05, 3.63) is 111 Å². The highest BCUT2D eigenvalue weighted by atomic mass is 16.6. The largest absolute Gasteiger partial charge is 0.350 e. The highest BCUT2D eigenvalue weighted by Gasteiger charge is 2.13. The first kappa shape index (κ1) is 22.0. The van der Waals surface area contributed by atoms with Crippen molar-refractivity contribution in [2.45, 2.75) is 13.1 Å². The number of benzene rings is 3. The van der Waals surface area contributed by atoms with Gasteiger partial charge >= 0.3 is 0 Å². The number of aromatic nitrogens is 4. The van der Waals surface area contributed by atoms with Crippen molar-refractivity contribution in [1.82, 2.24) is 24.6 Å². The predicted octanol–water partition coefficient (Wildman–Crippen LogP) is 3.13. The Bertz CT molecular complexity index is 1620. The molecular weight excluding hydrogens is 448 g/mol. The third kappa shape index (κ3) is 4.36. The topological polar surface area (TPSA) is 125 Å². The molecule has 0 radical (unpaired) electrons. The summed E-state index contributed by atoms with van der Waals surface area (Å²) in [5.41, 5.74) is 1.49. The van der Waals surface area contributed by atoms with Crippen LogP contribution >= 0.6 is 0 Å². The fraction of sp³-hybridized carbons (Fsp3) is 0.120. The Morgan fingerprint density at radius 2 is 1.77 bits per heavy atom. The van der Waals surface area contributed by atoms with Gasteiger partial charge in [-0.25, -0.2) is 9.67 Å². The molecule has 174 valence electrons. The van der Waals surface area contributed by atoms with Gasteiger partial charge in [-0.05, 0) is 22.4 Å². The van der Waals surface area contributed by atoms with Crippen molar-refractivity contribution >= 4 is 33.4 Å². The van der Waals surface area contributed by atoms with Crippen molar-refractivity contribution in [3.63, 3.8) is 0 Å². The highest BCUT2D eigenvalue weighted by Crippen LogP contribution is 2.18. The van der Waals surface area contributed by atoms with Crippen LogP contribution in [0.25, 0.3) is 21.8 Å². The summed E-state index contributed by atoms with van der Waals surface area (Å²) in [4.78, 5) is 40.4. The number of nitrogens with one attached hydrogen (secondary N) is 1. The van der Waals surface area contributed by atoms with E-state index < -0.39 is 4.92 Å². The Labute approximate surface area is 198 Å². The molecule has 1 N–H and O–H groups in total. The number of hydrogen-bond acceptors (Lipinski definition) is 6. The number of hydrogen-bond donors (Lipinski definition) is 1. The molecule has 0 aliphatic heterocycles. The summed E-state index contributed by atoms with van der Waals surface area (Å²) in [7, 11) is 0. The van der Waals surface area contributed by atoms with E-state index in [1.165, 1.54) is 29.2 Å². The molecule has 0 bridgehead atoms. The van der Waals surface area contributed by atoms with Crippen LogP contribution in [0.1, 0.15) is 15.9 Å². The van der Waals surface area contributed by atoms with Gasteiger partial charge in [0.15, 0.2) is 5.65 Å². The molecule has 0 spiro atoms. The number of carbonyl (C=O) groups excluding carboxylic acids is 1. The molecule has 5 rings (SSSR count). The lowest BCUT2D eigenvalue weighted by Crippen LogP contribution is -2.28. The zero-order valence-corrected chi connectivity index (χ0v) is 18.5. The molecule has 3 aromatic carbocycles. The van der Waals surface area contributed by atoms with Crippen LogP contribution in [-0.4, -0.2) is 36.7 Å². The van der Waals surface area contributed by atoms with Gasteiger partial charge in [-0.15, -0.1) is 0 Å². The Balaban J connectivity index is 1.28. The minimum atomic E-state index is -0.470. The molecule has 0 saturated heterocycles. The molecule has 0 aliphatic rings. The third-order valence-corrected chi connectivity index (χ3v) is 5.77. The summed E-state index contributed by atoms with van der Waals surface area (Å²) in [6.45, 7) is 0.886. The maximum atomic E-state index is 12.9. The smallest absolute Gasteiger partial charge is 0.269 e. The summed E-state index contributed by atoms with van der Waals surface area (Å²) in [6, 6.07) is 19.3. The molecule has 2 aromatic heterocycles. The highest BCUT2D eigenvalue weighted by molar-refractivity contribution is 6.06. The van der Waals surface area contributed by atoms with Gasteiger partial charge in [0, 0.05) is 24.2 Å². The van der Waals surface area contributed by atoms with Crippen molar-refractivity contribution in [2.75, 3.05) is 6.54 Å². The molecule has 10 heteroatoms. The van der Waals surface area contributed by atoms with Crippen molar-refractivity contribution in [1.29, 1.82) is 0 Å². The average Bonchev–Trinajstić information content (AvgIpc) is 3.29. The second-order valence-electron chi connectivity index (χ2n) is 7.99. The van der Waals surface area contributed by atoms with Crippen LogP contribution in [0.5, 0.6) is 0 Å². The number of nitro benzene ring substituents is 1. The molecule has 2 heterocycles. The van der Waals surface area contributed by atoms with Crippen molar-refractivity contribution in [2.24, 2.45) is 0 Å². The fourth-order valence-corrected chi connectivity index (χ4v) is 3.99. The number of non-ortho nitro benzene ring substituents is 1. The van der Waals surface area contributed by atoms with Gasteiger partial charge in [0.25, 0.3) is 17.2 Å². The Morgan fingerprint density at radius 1 is 1.00 bits per heavy atom. The molecule has 10 nitrogen and oxygen atoms in total. The van der Waals surface area contributed by atoms with E-state index in [4.69, 9.17) is 0 Å². The summed E-state index contributed by atoms with van der Waals surface area (Å²) >= 11 is 0. The molecule has 5 aromatic rings. The second-order valence-corrected chi connectivity index (χ2v) is 7.99. The molecule has 1 amide bonds. The number of amides is 1. The van der Waals surface area contributed by atoms with E-state index in [2.05, 4.69) is 15.4 Å². The zero-order chi connectivity index (χ0) is 24.4. The van der Waals surface area contributed by atoms with Crippen LogP contribution in [0.15, 0.2) is 84.0 Å². The number of carbonyl (C=O) groups is 1.